The lowest BCUT2D eigenvalue weighted by Gasteiger charge is -2.35. The summed E-state index contributed by atoms with van der Waals surface area (Å²) in [7, 11) is 1.41. The quantitative estimate of drug-likeness (QED) is 0.263. The van der Waals surface area contributed by atoms with Crippen LogP contribution in [0.3, 0.4) is 0 Å². The van der Waals surface area contributed by atoms with Crippen molar-refractivity contribution in [3.05, 3.63) is 114 Å². The Labute approximate surface area is 246 Å². The van der Waals surface area contributed by atoms with E-state index in [1.807, 2.05) is 72.8 Å². The van der Waals surface area contributed by atoms with E-state index in [9.17, 15) is 9.59 Å². The molecule has 0 aliphatic carbocycles. The van der Waals surface area contributed by atoms with E-state index in [0.29, 0.717) is 19.0 Å². The van der Waals surface area contributed by atoms with Crippen molar-refractivity contribution in [2.24, 2.45) is 0 Å². The number of nitrogens with zero attached hydrogens (tertiary/aromatic N) is 4. The first-order valence-corrected chi connectivity index (χ1v) is 14.1. The van der Waals surface area contributed by atoms with Gasteiger partial charge in [0.05, 0.1) is 13.5 Å². The molecule has 42 heavy (non-hydrogen) atoms. The van der Waals surface area contributed by atoms with Gasteiger partial charge < -0.3 is 24.6 Å². The molecule has 1 aromatic heterocycles. The molecule has 4 aromatic rings. The molecule has 216 valence electrons. The maximum Gasteiger partial charge on any atom is 0.410 e. The van der Waals surface area contributed by atoms with Crippen molar-refractivity contribution in [2.75, 3.05) is 43.5 Å². The lowest BCUT2D eigenvalue weighted by atomic mass is 9.99. The molecule has 5 rings (SSSR count). The summed E-state index contributed by atoms with van der Waals surface area (Å²) in [6.45, 7) is 2.98. The van der Waals surface area contributed by atoms with Gasteiger partial charge >= 0.3 is 12.1 Å². The molecule has 9 heteroatoms. The van der Waals surface area contributed by atoms with Crippen LogP contribution in [0.2, 0.25) is 0 Å². The second kappa shape index (κ2) is 14.1. The lowest BCUT2D eigenvalue weighted by Crippen LogP contribution is -2.48. The average molecular weight is 566 g/mol. The number of anilines is 3. The Hall–Kier alpha value is -4.92. The van der Waals surface area contributed by atoms with Crippen LogP contribution in [-0.2, 0) is 40.1 Å². The number of carbonyl (C=O) groups is 2. The van der Waals surface area contributed by atoms with E-state index in [1.165, 1.54) is 7.11 Å². The number of aromatic nitrogens is 2. The van der Waals surface area contributed by atoms with Crippen LogP contribution in [0, 0.1) is 0 Å². The molecule has 0 unspecified atom stereocenters. The fourth-order valence-electron chi connectivity index (χ4n) is 4.90. The summed E-state index contributed by atoms with van der Waals surface area (Å²) < 4.78 is 10.3. The van der Waals surface area contributed by atoms with Gasteiger partial charge in [-0.25, -0.2) is 14.8 Å². The van der Waals surface area contributed by atoms with Gasteiger partial charge in [-0.05, 0) is 59.9 Å². The first-order valence-electron chi connectivity index (χ1n) is 14.1. The normalized spacial score (nSPS) is 13.0. The summed E-state index contributed by atoms with van der Waals surface area (Å²) in [6.07, 6.45) is 3.22. The summed E-state index contributed by atoms with van der Waals surface area (Å²) in [6, 6.07) is 27.7. The number of nitrogens with one attached hydrogen (secondary N) is 1. The fraction of sp³-hybridized carbons (Fsp3) is 0.273. The number of piperazine rings is 1. The Kier molecular flexibility index (Phi) is 9.61. The monoisotopic (exact) mass is 565 g/mol. The van der Waals surface area contributed by atoms with E-state index in [0.717, 1.165) is 59.7 Å². The number of benzene rings is 3. The minimum absolute atomic E-state index is 0.247. The van der Waals surface area contributed by atoms with Crippen LogP contribution in [0.5, 0.6) is 0 Å². The third-order valence-electron chi connectivity index (χ3n) is 7.28. The number of hydrogen-bond donors (Lipinski definition) is 1. The van der Waals surface area contributed by atoms with Crippen molar-refractivity contribution in [1.82, 2.24) is 14.9 Å². The molecule has 3 aromatic carbocycles. The number of esters is 1. The second-order valence-corrected chi connectivity index (χ2v) is 10.1. The molecule has 1 saturated heterocycles. The highest BCUT2D eigenvalue weighted by atomic mass is 16.6. The molecular formula is C33H35N5O4. The first-order chi connectivity index (χ1) is 20.6. The first kappa shape index (κ1) is 28.6. The predicted octanol–water partition coefficient (Wildman–Crippen LogP) is 5.18. The molecule has 1 fully saturated rings. The third-order valence-corrected chi connectivity index (χ3v) is 7.28. The molecule has 1 aliphatic heterocycles. The zero-order chi connectivity index (χ0) is 29.1. The zero-order valence-electron chi connectivity index (χ0n) is 23.7. The van der Waals surface area contributed by atoms with Crippen LogP contribution in [-0.4, -0.2) is 60.2 Å². The summed E-state index contributed by atoms with van der Waals surface area (Å²) in [5, 5.41) is 3.30. The average Bonchev–Trinajstić information content (AvgIpc) is 3.04. The van der Waals surface area contributed by atoms with Gasteiger partial charge in [0.2, 0.25) is 5.95 Å². The van der Waals surface area contributed by atoms with Crippen molar-refractivity contribution in [1.29, 1.82) is 0 Å². The van der Waals surface area contributed by atoms with Gasteiger partial charge in [0.25, 0.3) is 0 Å². The Morgan fingerprint density at radius 1 is 0.833 bits per heavy atom. The van der Waals surface area contributed by atoms with Gasteiger partial charge in [0, 0.05) is 49.4 Å². The molecule has 1 aliphatic rings. The second-order valence-electron chi connectivity index (χ2n) is 10.1. The summed E-state index contributed by atoms with van der Waals surface area (Å²) in [5.74, 6) is 0.286. The van der Waals surface area contributed by atoms with Gasteiger partial charge in [0.15, 0.2) is 0 Å². The van der Waals surface area contributed by atoms with Gasteiger partial charge in [-0.1, -0.05) is 54.6 Å². The maximum absolute atomic E-state index is 12.5. The zero-order valence-corrected chi connectivity index (χ0v) is 23.7. The van der Waals surface area contributed by atoms with E-state index in [-0.39, 0.29) is 25.1 Å². The number of carbonyl (C=O) groups excluding carboxylic acids is 2. The van der Waals surface area contributed by atoms with E-state index in [2.05, 4.69) is 32.3 Å². The Morgan fingerprint density at radius 2 is 1.55 bits per heavy atom. The van der Waals surface area contributed by atoms with Gasteiger partial charge in [-0.2, -0.15) is 0 Å². The van der Waals surface area contributed by atoms with Crippen LogP contribution < -0.4 is 10.2 Å². The van der Waals surface area contributed by atoms with Crippen molar-refractivity contribution in [3.63, 3.8) is 0 Å². The van der Waals surface area contributed by atoms with Crippen LogP contribution >= 0.6 is 0 Å². The standard InChI is InChI=1S/C33H35N5O4/c1-41-31(39)23-27-10-6-5-9-26(27)11-12-29-17-18-34-32(36-29)35-28-13-15-30(16-14-28)37-19-21-38(22-20-37)33(40)42-24-25-7-3-2-4-8-25/h2-10,13-18H,11-12,19-24H2,1H3,(H,34,35,36). The SMILES string of the molecule is COC(=O)Cc1ccccc1CCc1ccnc(Nc2ccc(N3CCN(C(=O)OCc4ccccc4)CC3)cc2)n1. The fourth-order valence-corrected chi connectivity index (χ4v) is 4.90. The molecule has 0 bridgehead atoms. The van der Waals surface area contributed by atoms with Crippen molar-refractivity contribution < 1.29 is 19.1 Å². The molecule has 0 spiro atoms. The van der Waals surface area contributed by atoms with Crippen LogP contribution in [0.15, 0.2) is 91.1 Å². The van der Waals surface area contributed by atoms with Crippen molar-refractivity contribution in [3.8, 4) is 0 Å². The maximum atomic E-state index is 12.5. The van der Waals surface area contributed by atoms with Gasteiger partial charge in [0.1, 0.15) is 6.61 Å². The predicted molar refractivity (Wildman–Crippen MR) is 162 cm³/mol. The molecule has 0 atom stereocenters. The number of amides is 1. The largest absolute Gasteiger partial charge is 0.469 e. The van der Waals surface area contributed by atoms with E-state index in [1.54, 1.807) is 11.1 Å². The van der Waals surface area contributed by atoms with Crippen LogP contribution in [0.4, 0.5) is 22.1 Å². The van der Waals surface area contributed by atoms with E-state index < -0.39 is 0 Å². The summed E-state index contributed by atoms with van der Waals surface area (Å²) in [5.41, 5.74) is 5.96. The van der Waals surface area contributed by atoms with Crippen LogP contribution in [0.1, 0.15) is 22.4 Å². The minimum Gasteiger partial charge on any atom is -0.469 e. The summed E-state index contributed by atoms with van der Waals surface area (Å²) in [4.78, 5) is 37.3. The van der Waals surface area contributed by atoms with Crippen LogP contribution in [0.25, 0.3) is 0 Å². The number of methoxy groups -OCH3 is 1. The van der Waals surface area contributed by atoms with Crippen molar-refractivity contribution >= 4 is 29.4 Å². The number of hydrogen-bond acceptors (Lipinski definition) is 8. The molecule has 9 nitrogen and oxygen atoms in total. The van der Waals surface area contributed by atoms with E-state index >= 15 is 0 Å². The topological polar surface area (TPSA) is 96.9 Å². The van der Waals surface area contributed by atoms with Gasteiger partial charge in [-0.15, -0.1) is 0 Å². The van der Waals surface area contributed by atoms with E-state index in [4.69, 9.17) is 9.47 Å². The molecule has 0 radical (unpaired) electrons. The Bertz CT molecular complexity index is 1470. The molecule has 0 saturated carbocycles. The lowest BCUT2D eigenvalue weighted by molar-refractivity contribution is -0.139. The Balaban J connectivity index is 1.10. The minimum atomic E-state index is -0.273. The smallest absolute Gasteiger partial charge is 0.410 e. The number of rotatable bonds is 10. The highest BCUT2D eigenvalue weighted by Crippen LogP contribution is 2.22. The highest BCUT2D eigenvalue weighted by Gasteiger charge is 2.22. The summed E-state index contributed by atoms with van der Waals surface area (Å²) >= 11 is 0. The highest BCUT2D eigenvalue weighted by molar-refractivity contribution is 5.73. The third kappa shape index (κ3) is 7.84. The Morgan fingerprint density at radius 3 is 2.29 bits per heavy atom. The van der Waals surface area contributed by atoms with Gasteiger partial charge in [-0.3, -0.25) is 4.79 Å². The number of ether oxygens (including phenoxy) is 2. The van der Waals surface area contributed by atoms with Crippen molar-refractivity contribution in [2.45, 2.75) is 25.9 Å². The molecule has 1 N–H and O–H groups in total. The number of aryl methyl sites for hydroxylation is 2. The molecule has 2 heterocycles. The molecular weight excluding hydrogens is 530 g/mol. The molecule has 1 amide bonds.